The van der Waals surface area contributed by atoms with Crippen LogP contribution in [-0.4, -0.2) is 36.3 Å². The molecule has 4 nitrogen and oxygen atoms in total. The summed E-state index contributed by atoms with van der Waals surface area (Å²) in [7, 11) is 1.96. The molecule has 1 aromatic carbocycles. The van der Waals surface area contributed by atoms with E-state index in [-0.39, 0.29) is 34.4 Å². The molecule has 3 fully saturated rings. The highest BCUT2D eigenvalue weighted by Gasteiger charge is 2.61. The summed E-state index contributed by atoms with van der Waals surface area (Å²) in [5, 5.41) is 3.17. The minimum Gasteiger partial charge on any atom is -0.356 e. The topological polar surface area (TPSA) is 49.4 Å². The summed E-state index contributed by atoms with van der Waals surface area (Å²) in [4.78, 5) is 27.5. The first-order valence-corrected chi connectivity index (χ1v) is 12.7. The second kappa shape index (κ2) is 8.25. The van der Waals surface area contributed by atoms with Crippen molar-refractivity contribution in [2.24, 2.45) is 34.5 Å². The van der Waals surface area contributed by atoms with Crippen molar-refractivity contribution < 1.29 is 14.0 Å². The highest BCUT2D eigenvalue weighted by molar-refractivity contribution is 5.89. The molecule has 0 saturated heterocycles. The van der Waals surface area contributed by atoms with Crippen molar-refractivity contribution in [2.45, 2.75) is 64.8 Å². The Bertz CT molecular complexity index is 976. The molecule has 2 amide bonds. The average molecular weight is 453 g/mol. The van der Waals surface area contributed by atoms with E-state index in [0.717, 1.165) is 44.1 Å². The van der Waals surface area contributed by atoms with Gasteiger partial charge in [0.25, 0.3) is 0 Å². The number of likely N-dealkylation sites (N-methyl/N-ethyl adjacent to an activating group) is 1. The van der Waals surface area contributed by atoms with Crippen LogP contribution in [0.5, 0.6) is 0 Å². The van der Waals surface area contributed by atoms with Crippen LogP contribution < -0.4 is 5.32 Å². The van der Waals surface area contributed by atoms with Gasteiger partial charge in [-0.1, -0.05) is 32.1 Å². The lowest BCUT2D eigenvalue weighted by Crippen LogP contribution is -2.59. The van der Waals surface area contributed by atoms with Crippen LogP contribution in [0.4, 0.5) is 4.39 Å². The molecule has 0 unspecified atom stereocenters. The van der Waals surface area contributed by atoms with E-state index in [9.17, 15) is 14.0 Å². The summed E-state index contributed by atoms with van der Waals surface area (Å²) in [6.45, 7) is 5.27. The van der Waals surface area contributed by atoms with Gasteiger partial charge in [-0.15, -0.1) is 0 Å². The minimum absolute atomic E-state index is 0.0399. The number of hydrogen-bond acceptors (Lipinski definition) is 2. The Kier molecular flexibility index (Phi) is 5.65. The number of benzene rings is 1. The first-order chi connectivity index (χ1) is 15.7. The van der Waals surface area contributed by atoms with E-state index in [1.807, 2.05) is 18.0 Å². The number of hydrogen-bond donors (Lipinski definition) is 1. The summed E-state index contributed by atoms with van der Waals surface area (Å²) in [6.07, 6.45) is 11.2. The summed E-state index contributed by atoms with van der Waals surface area (Å²) >= 11 is 0. The summed E-state index contributed by atoms with van der Waals surface area (Å²) in [5.41, 5.74) is 1.01. The molecule has 3 saturated carbocycles. The Labute approximate surface area is 197 Å². The average Bonchev–Trinajstić information content (AvgIpc) is 3.14. The number of nitrogens with zero attached hydrogens (tertiary/aromatic N) is 1. The van der Waals surface area contributed by atoms with E-state index in [2.05, 4.69) is 25.2 Å². The molecule has 0 spiro atoms. The molecule has 1 heterocycles. The SMILES string of the molecule is CN1C(=O)C=C[C@]2(C)[C@H]3CC[C@]4(C)[C@@H](C(=O)NCCc5cccc(F)c5)CC[C@H]4[C@@H]3CC[C@@H]12. The van der Waals surface area contributed by atoms with Crippen LogP contribution >= 0.6 is 0 Å². The number of nitrogens with one attached hydrogen (secondary N) is 1. The first kappa shape index (κ1) is 22.6. The molecule has 4 aliphatic rings. The van der Waals surface area contributed by atoms with Crippen LogP contribution in [0.2, 0.25) is 0 Å². The van der Waals surface area contributed by atoms with E-state index < -0.39 is 0 Å². The molecule has 5 heteroatoms. The Morgan fingerprint density at radius 1 is 1.15 bits per heavy atom. The highest BCUT2D eigenvalue weighted by atomic mass is 19.1. The summed E-state index contributed by atoms with van der Waals surface area (Å²) < 4.78 is 13.4. The maximum absolute atomic E-state index is 13.4. The van der Waals surface area contributed by atoms with Gasteiger partial charge in [0.05, 0.1) is 0 Å². The lowest BCUT2D eigenvalue weighted by molar-refractivity contribution is -0.142. The third-order valence-corrected chi connectivity index (χ3v) is 10.0. The Hall–Kier alpha value is -2.17. The van der Waals surface area contributed by atoms with E-state index in [0.29, 0.717) is 36.8 Å². The van der Waals surface area contributed by atoms with Crippen molar-refractivity contribution in [1.29, 1.82) is 0 Å². The van der Waals surface area contributed by atoms with Crippen LogP contribution in [-0.2, 0) is 16.0 Å². The van der Waals surface area contributed by atoms with Crippen LogP contribution in [0.3, 0.4) is 0 Å². The molecule has 33 heavy (non-hydrogen) atoms. The molecule has 1 N–H and O–H groups in total. The van der Waals surface area contributed by atoms with Crippen molar-refractivity contribution in [3.63, 3.8) is 0 Å². The Morgan fingerprint density at radius 3 is 2.76 bits per heavy atom. The molecule has 178 valence electrons. The van der Waals surface area contributed by atoms with E-state index >= 15 is 0 Å². The maximum Gasteiger partial charge on any atom is 0.246 e. The number of carbonyl (C=O) groups is 2. The molecule has 0 bridgehead atoms. The van der Waals surface area contributed by atoms with Gasteiger partial charge in [-0.05, 0) is 91.9 Å². The maximum atomic E-state index is 13.4. The van der Waals surface area contributed by atoms with Crippen molar-refractivity contribution in [2.75, 3.05) is 13.6 Å². The predicted molar refractivity (Wildman–Crippen MR) is 127 cm³/mol. The standard InChI is InChI=1S/C28H37FN2O2/c1-27-14-11-22-20(7-10-24-28(22,2)15-12-25(32)31(24)3)21(27)8-9-23(27)26(33)30-16-13-18-5-4-6-19(29)17-18/h4-6,12,15,17,20-24H,7-11,13-14,16H2,1-3H3,(H,30,33)/t20-,21-,22-,23+,24+,27-,28+/m0/s1. The van der Waals surface area contributed by atoms with E-state index in [1.165, 1.54) is 6.07 Å². The quantitative estimate of drug-likeness (QED) is 0.717. The van der Waals surface area contributed by atoms with Gasteiger partial charge in [-0.2, -0.15) is 0 Å². The van der Waals surface area contributed by atoms with Crippen molar-refractivity contribution in [3.05, 3.63) is 47.8 Å². The fourth-order valence-electron chi connectivity index (χ4n) is 8.31. The number of amides is 2. The third-order valence-electron chi connectivity index (χ3n) is 10.0. The molecule has 5 rings (SSSR count). The second-order valence-corrected chi connectivity index (χ2v) is 11.5. The van der Waals surface area contributed by atoms with Gasteiger partial charge in [0.2, 0.25) is 11.8 Å². The van der Waals surface area contributed by atoms with Gasteiger partial charge in [0, 0.05) is 31.0 Å². The van der Waals surface area contributed by atoms with Gasteiger partial charge < -0.3 is 10.2 Å². The van der Waals surface area contributed by atoms with Gasteiger partial charge in [-0.3, -0.25) is 9.59 Å². The Balaban J connectivity index is 1.27. The van der Waals surface area contributed by atoms with Crippen LogP contribution in [0, 0.1) is 40.3 Å². The zero-order valence-corrected chi connectivity index (χ0v) is 20.1. The largest absolute Gasteiger partial charge is 0.356 e. The molecular weight excluding hydrogens is 415 g/mol. The minimum atomic E-state index is -0.228. The van der Waals surface area contributed by atoms with Gasteiger partial charge >= 0.3 is 0 Å². The van der Waals surface area contributed by atoms with E-state index in [1.54, 1.807) is 18.2 Å². The fourth-order valence-corrected chi connectivity index (χ4v) is 8.31. The fraction of sp³-hybridized carbons (Fsp3) is 0.643. The van der Waals surface area contributed by atoms with E-state index in [4.69, 9.17) is 0 Å². The molecule has 1 aliphatic heterocycles. The number of halogens is 1. The van der Waals surface area contributed by atoms with Crippen molar-refractivity contribution in [1.82, 2.24) is 10.2 Å². The van der Waals surface area contributed by atoms with Gasteiger partial charge in [-0.25, -0.2) is 4.39 Å². The number of rotatable bonds is 4. The van der Waals surface area contributed by atoms with Crippen LogP contribution in [0.1, 0.15) is 57.9 Å². The zero-order valence-electron chi connectivity index (χ0n) is 20.1. The first-order valence-electron chi connectivity index (χ1n) is 12.7. The third kappa shape index (κ3) is 3.63. The van der Waals surface area contributed by atoms with Gasteiger partial charge in [0.1, 0.15) is 5.82 Å². The van der Waals surface area contributed by atoms with Crippen molar-refractivity contribution in [3.8, 4) is 0 Å². The number of fused-ring (bicyclic) bond motifs is 5. The lowest BCUT2D eigenvalue weighted by atomic mass is 9.47. The molecule has 1 aromatic rings. The normalized spacial score (nSPS) is 39.6. The second-order valence-electron chi connectivity index (χ2n) is 11.5. The molecule has 7 atom stereocenters. The van der Waals surface area contributed by atoms with Crippen molar-refractivity contribution >= 4 is 11.8 Å². The lowest BCUT2D eigenvalue weighted by Gasteiger charge is -2.60. The number of carbonyl (C=O) groups excluding carboxylic acids is 2. The highest BCUT2D eigenvalue weighted by Crippen LogP contribution is 2.65. The molecule has 3 aliphatic carbocycles. The Morgan fingerprint density at radius 2 is 1.97 bits per heavy atom. The molecule has 0 aromatic heterocycles. The van der Waals surface area contributed by atoms with Gasteiger partial charge in [0.15, 0.2) is 0 Å². The van der Waals surface area contributed by atoms with Crippen LogP contribution in [0.15, 0.2) is 36.4 Å². The summed E-state index contributed by atoms with van der Waals surface area (Å²) in [5.74, 6) is 1.92. The molecular formula is C28H37FN2O2. The smallest absolute Gasteiger partial charge is 0.246 e. The zero-order chi connectivity index (χ0) is 23.4. The summed E-state index contributed by atoms with van der Waals surface area (Å²) in [6, 6.07) is 6.92. The monoisotopic (exact) mass is 452 g/mol. The molecule has 0 radical (unpaired) electrons. The predicted octanol–water partition coefficient (Wildman–Crippen LogP) is 4.74. The van der Waals surface area contributed by atoms with Crippen LogP contribution in [0.25, 0.3) is 0 Å².